The Morgan fingerprint density at radius 1 is 1.00 bits per heavy atom. The Balaban J connectivity index is 1.47. The zero-order valence-corrected chi connectivity index (χ0v) is 16.2. The molecule has 144 valence electrons. The third-order valence-electron chi connectivity index (χ3n) is 5.06. The summed E-state index contributed by atoms with van der Waals surface area (Å²) in [4.78, 5) is 4.55. The van der Waals surface area contributed by atoms with E-state index in [1.807, 2.05) is 22.8 Å². The Morgan fingerprint density at radius 2 is 1.79 bits per heavy atom. The lowest BCUT2D eigenvalue weighted by atomic mass is 9.98. The highest BCUT2D eigenvalue weighted by Gasteiger charge is 2.12. The van der Waals surface area contributed by atoms with E-state index in [0.717, 1.165) is 46.8 Å². The van der Waals surface area contributed by atoms with Crippen LogP contribution in [0, 0.1) is 6.92 Å². The van der Waals surface area contributed by atoms with Gasteiger partial charge in [-0.05, 0) is 28.8 Å². The van der Waals surface area contributed by atoms with Gasteiger partial charge >= 0.3 is 0 Å². The molecule has 2 aromatic carbocycles. The van der Waals surface area contributed by atoms with E-state index in [0.29, 0.717) is 5.82 Å². The van der Waals surface area contributed by atoms with Gasteiger partial charge in [0.1, 0.15) is 0 Å². The van der Waals surface area contributed by atoms with E-state index in [4.69, 9.17) is 0 Å². The molecule has 3 aromatic heterocycles. The second-order valence-corrected chi connectivity index (χ2v) is 6.95. The van der Waals surface area contributed by atoms with Gasteiger partial charge in [0.2, 0.25) is 5.82 Å². The highest BCUT2D eigenvalue weighted by Crippen LogP contribution is 2.29. The third kappa shape index (κ3) is 3.08. The molecule has 0 aliphatic carbocycles. The maximum absolute atomic E-state index is 4.60. The minimum Gasteiger partial charge on any atom is -0.263 e. The van der Waals surface area contributed by atoms with Crippen molar-refractivity contribution in [1.29, 1.82) is 0 Å². The fourth-order valence-electron chi connectivity index (χ4n) is 3.55. The van der Waals surface area contributed by atoms with Gasteiger partial charge in [-0.3, -0.25) is 4.68 Å². The first-order valence-corrected chi connectivity index (χ1v) is 9.57. The molecule has 5 aromatic rings. The van der Waals surface area contributed by atoms with Gasteiger partial charge in [-0.15, -0.1) is 15.3 Å². The molecule has 0 bridgehead atoms. The molecule has 0 atom stereocenters. The summed E-state index contributed by atoms with van der Waals surface area (Å²) in [6, 6.07) is 18.7. The SMILES string of the molecule is CCc1nc2cc(C)n(Cc3ccc(-c4ccccc4-c4nn[nH]n4)cc3)n2n1. The first kappa shape index (κ1) is 17.3. The monoisotopic (exact) mass is 384 g/mol. The van der Waals surface area contributed by atoms with E-state index >= 15 is 0 Å². The van der Waals surface area contributed by atoms with E-state index in [-0.39, 0.29) is 0 Å². The van der Waals surface area contributed by atoms with Crippen LogP contribution >= 0.6 is 0 Å². The molecule has 0 saturated carbocycles. The molecule has 0 fully saturated rings. The molecule has 8 heteroatoms. The Morgan fingerprint density at radius 3 is 2.52 bits per heavy atom. The van der Waals surface area contributed by atoms with Crippen LogP contribution in [-0.2, 0) is 13.0 Å². The molecule has 29 heavy (non-hydrogen) atoms. The number of fused-ring (bicyclic) bond motifs is 1. The minimum absolute atomic E-state index is 0.591. The van der Waals surface area contributed by atoms with E-state index in [9.17, 15) is 0 Å². The number of nitrogens with one attached hydrogen (secondary N) is 1. The van der Waals surface area contributed by atoms with Gasteiger partial charge in [0.25, 0.3) is 0 Å². The summed E-state index contributed by atoms with van der Waals surface area (Å²) in [6.45, 7) is 4.88. The predicted octanol–water partition coefficient (Wildman–Crippen LogP) is 3.30. The molecule has 0 aliphatic rings. The number of rotatable bonds is 5. The van der Waals surface area contributed by atoms with E-state index in [1.165, 1.54) is 5.56 Å². The molecule has 0 saturated heterocycles. The number of aryl methyl sites for hydroxylation is 2. The third-order valence-corrected chi connectivity index (χ3v) is 5.06. The number of aromatic nitrogens is 8. The van der Waals surface area contributed by atoms with Crippen LogP contribution in [0.25, 0.3) is 28.2 Å². The maximum atomic E-state index is 4.60. The van der Waals surface area contributed by atoms with Crippen molar-refractivity contribution in [1.82, 2.24) is 40.0 Å². The molecule has 0 spiro atoms. The van der Waals surface area contributed by atoms with Gasteiger partial charge in [0.15, 0.2) is 11.5 Å². The quantitative estimate of drug-likeness (QED) is 0.502. The van der Waals surface area contributed by atoms with Crippen LogP contribution in [0.5, 0.6) is 0 Å². The first-order valence-electron chi connectivity index (χ1n) is 9.57. The fourth-order valence-corrected chi connectivity index (χ4v) is 3.55. The van der Waals surface area contributed by atoms with Crippen molar-refractivity contribution in [2.24, 2.45) is 0 Å². The minimum atomic E-state index is 0.591. The second kappa shape index (κ2) is 6.97. The van der Waals surface area contributed by atoms with Crippen molar-refractivity contribution >= 4 is 5.65 Å². The molecule has 0 aliphatic heterocycles. The average molecular weight is 384 g/mol. The summed E-state index contributed by atoms with van der Waals surface area (Å²) in [7, 11) is 0. The highest BCUT2D eigenvalue weighted by atomic mass is 15.5. The Hall–Kier alpha value is -3.81. The summed E-state index contributed by atoms with van der Waals surface area (Å²) in [5.74, 6) is 1.45. The number of tetrazole rings is 1. The van der Waals surface area contributed by atoms with E-state index in [2.05, 4.69) is 85.6 Å². The lowest BCUT2D eigenvalue weighted by Crippen LogP contribution is -2.10. The van der Waals surface area contributed by atoms with Crippen molar-refractivity contribution in [2.45, 2.75) is 26.8 Å². The number of H-pyrrole nitrogens is 1. The molecule has 8 nitrogen and oxygen atoms in total. The van der Waals surface area contributed by atoms with Crippen molar-refractivity contribution in [3.63, 3.8) is 0 Å². The van der Waals surface area contributed by atoms with E-state index in [1.54, 1.807) is 0 Å². The molecule has 0 unspecified atom stereocenters. The van der Waals surface area contributed by atoms with Crippen LogP contribution in [-0.4, -0.2) is 40.0 Å². The topological polar surface area (TPSA) is 89.6 Å². The average Bonchev–Trinajstić information content (AvgIpc) is 3.47. The molecule has 0 amide bonds. The van der Waals surface area contributed by atoms with Crippen LogP contribution in [0.4, 0.5) is 0 Å². The van der Waals surface area contributed by atoms with Gasteiger partial charge in [-0.25, -0.2) is 4.98 Å². The molecule has 0 radical (unpaired) electrons. The zero-order chi connectivity index (χ0) is 19.8. The molecule has 1 N–H and O–H groups in total. The van der Waals surface area contributed by atoms with Crippen molar-refractivity contribution in [3.8, 4) is 22.5 Å². The lowest BCUT2D eigenvalue weighted by molar-refractivity contribution is 0.566. The second-order valence-electron chi connectivity index (χ2n) is 6.95. The van der Waals surface area contributed by atoms with Gasteiger partial charge in [0, 0.05) is 23.7 Å². The number of hydrogen-bond acceptors (Lipinski definition) is 5. The normalized spacial score (nSPS) is 11.4. The van der Waals surface area contributed by atoms with Gasteiger partial charge in [-0.1, -0.05) is 55.5 Å². The summed E-state index contributed by atoms with van der Waals surface area (Å²) in [5, 5.41) is 19.0. The fraction of sp³-hybridized carbons (Fsp3) is 0.190. The van der Waals surface area contributed by atoms with Gasteiger partial charge in [0.05, 0.1) is 6.54 Å². The van der Waals surface area contributed by atoms with Crippen molar-refractivity contribution in [3.05, 3.63) is 71.7 Å². The maximum Gasteiger partial charge on any atom is 0.205 e. The number of hydrogen-bond donors (Lipinski definition) is 1. The summed E-state index contributed by atoms with van der Waals surface area (Å²) >= 11 is 0. The lowest BCUT2D eigenvalue weighted by Gasteiger charge is -2.10. The van der Waals surface area contributed by atoms with Crippen molar-refractivity contribution < 1.29 is 0 Å². The zero-order valence-electron chi connectivity index (χ0n) is 16.2. The largest absolute Gasteiger partial charge is 0.263 e. The number of nitrogens with zero attached hydrogens (tertiary/aromatic N) is 7. The Labute approximate surface area is 167 Å². The molecular weight excluding hydrogens is 364 g/mol. The van der Waals surface area contributed by atoms with Crippen LogP contribution in [0.1, 0.15) is 24.0 Å². The standard InChI is InChI=1S/C21H20N8/c1-3-19-22-20-12-14(2)28(29(20)25-19)13-15-8-10-16(11-9-15)17-6-4-5-7-18(17)21-23-26-27-24-21/h4-12H,3,13H2,1-2H3,(H,23,24,26,27). The molecule has 5 rings (SSSR count). The number of aromatic amines is 1. The first-order chi connectivity index (χ1) is 14.2. The Bertz CT molecular complexity index is 1260. The highest BCUT2D eigenvalue weighted by molar-refractivity contribution is 5.80. The van der Waals surface area contributed by atoms with Crippen LogP contribution in [0.15, 0.2) is 54.6 Å². The Kier molecular flexibility index (Phi) is 4.16. The predicted molar refractivity (Wildman–Crippen MR) is 109 cm³/mol. The van der Waals surface area contributed by atoms with Gasteiger partial charge < -0.3 is 0 Å². The summed E-state index contributed by atoms with van der Waals surface area (Å²) < 4.78 is 4.04. The van der Waals surface area contributed by atoms with Crippen LogP contribution < -0.4 is 0 Å². The van der Waals surface area contributed by atoms with Crippen LogP contribution in [0.2, 0.25) is 0 Å². The van der Waals surface area contributed by atoms with Crippen molar-refractivity contribution in [2.75, 3.05) is 0 Å². The van der Waals surface area contributed by atoms with E-state index < -0.39 is 0 Å². The van der Waals surface area contributed by atoms with Gasteiger partial charge in [-0.2, -0.15) is 9.84 Å². The summed E-state index contributed by atoms with van der Waals surface area (Å²) in [6.07, 6.45) is 0.829. The summed E-state index contributed by atoms with van der Waals surface area (Å²) in [5.41, 5.74) is 6.35. The van der Waals surface area contributed by atoms with Crippen LogP contribution in [0.3, 0.4) is 0 Å². The smallest absolute Gasteiger partial charge is 0.205 e. The number of benzene rings is 2. The molecule has 3 heterocycles. The molecular formula is C21H20N8.